The minimum Gasteiger partial charge on any atom is -0.416 e. The third-order valence-electron chi connectivity index (χ3n) is 7.25. The van der Waals surface area contributed by atoms with Gasteiger partial charge in [0.2, 0.25) is 0 Å². The molecule has 35 heavy (non-hydrogen) atoms. The van der Waals surface area contributed by atoms with Crippen LogP contribution in [0, 0.1) is 17.6 Å². The van der Waals surface area contributed by atoms with E-state index in [1.807, 2.05) is 0 Å². The zero-order valence-electron chi connectivity index (χ0n) is 20.7. The first-order valence-corrected chi connectivity index (χ1v) is 14.6. The molecular weight excluding hydrogens is 468 g/mol. The lowest BCUT2D eigenvalue weighted by Crippen LogP contribution is -2.42. The molecule has 1 aliphatic rings. The number of hydrogen-bond acceptors (Lipinski definition) is 5. The van der Waals surface area contributed by atoms with Crippen LogP contribution in [0.25, 0.3) is 11.3 Å². The van der Waals surface area contributed by atoms with Crippen molar-refractivity contribution >= 4 is 14.2 Å². The predicted molar refractivity (Wildman–Crippen MR) is 131 cm³/mol. The molecule has 1 amide bonds. The minimum absolute atomic E-state index is 0.0344. The number of rotatable bonds is 6. The summed E-state index contributed by atoms with van der Waals surface area (Å²) in [6, 6.07) is 7.43. The summed E-state index contributed by atoms with van der Waals surface area (Å²) in [7, 11) is -2.03. The number of hydrogen-bond donors (Lipinski definition) is 1. The molecule has 0 saturated carbocycles. The second-order valence-electron chi connectivity index (χ2n) is 10.6. The van der Waals surface area contributed by atoms with Gasteiger partial charge in [-0.2, -0.15) is 15.3 Å². The van der Waals surface area contributed by atoms with Crippen LogP contribution < -0.4 is 0 Å². The molecule has 1 N–H and O–H groups in total. The fourth-order valence-electron chi connectivity index (χ4n) is 4.05. The molecule has 1 aliphatic heterocycles. The third-order valence-corrected chi connectivity index (χ3v) is 11.8. The highest BCUT2D eigenvalue weighted by Gasteiger charge is 2.41. The summed E-state index contributed by atoms with van der Waals surface area (Å²) in [4.78, 5) is 15.1. The normalized spacial score (nSPS) is 18.8. The van der Waals surface area contributed by atoms with E-state index >= 15 is 0 Å². The number of aromatic amines is 1. The summed E-state index contributed by atoms with van der Waals surface area (Å²) in [5.74, 6) is -2.20. The number of benzene rings is 1. The average molecular weight is 500 g/mol. The van der Waals surface area contributed by atoms with Crippen molar-refractivity contribution in [2.45, 2.75) is 44.8 Å². The van der Waals surface area contributed by atoms with Crippen LogP contribution in [0.4, 0.5) is 8.78 Å². The largest absolute Gasteiger partial charge is 0.416 e. The molecule has 4 rings (SSSR count). The molecule has 2 atom stereocenters. The molecule has 0 radical (unpaired) electrons. The van der Waals surface area contributed by atoms with E-state index in [1.54, 1.807) is 35.5 Å². The van der Waals surface area contributed by atoms with E-state index in [0.29, 0.717) is 36.6 Å². The molecule has 1 saturated heterocycles. The van der Waals surface area contributed by atoms with Gasteiger partial charge in [0, 0.05) is 37.1 Å². The van der Waals surface area contributed by atoms with Crippen molar-refractivity contribution < 1.29 is 18.0 Å². The lowest BCUT2D eigenvalue weighted by molar-refractivity contribution is 0.0776. The number of H-pyrrole nitrogens is 1. The fourth-order valence-corrected chi connectivity index (χ4v) is 5.11. The Kier molecular flexibility index (Phi) is 6.87. The average Bonchev–Trinajstić information content (AvgIpc) is 3.47. The molecule has 186 valence electrons. The summed E-state index contributed by atoms with van der Waals surface area (Å²) in [5.41, 5.74) is 2.36. The smallest absolute Gasteiger partial charge is 0.271 e. The maximum Gasteiger partial charge on any atom is 0.271 e. The van der Waals surface area contributed by atoms with Gasteiger partial charge in [-0.3, -0.25) is 9.89 Å². The quantitative estimate of drug-likeness (QED) is 0.482. The number of halogens is 2. The molecule has 10 heteroatoms. The molecular formula is C25H31F2N5O2Si. The number of nitrogens with zero attached hydrogens (tertiary/aromatic N) is 4. The Morgan fingerprint density at radius 1 is 1.14 bits per heavy atom. The van der Waals surface area contributed by atoms with Gasteiger partial charge in [0.05, 0.1) is 18.1 Å². The monoisotopic (exact) mass is 499 g/mol. The Morgan fingerprint density at radius 2 is 1.91 bits per heavy atom. The Labute approximate surface area is 205 Å². The number of carbonyl (C=O) groups excluding carboxylic acids is 1. The summed E-state index contributed by atoms with van der Waals surface area (Å²) in [6.45, 7) is 12.1. The molecule has 3 aromatic rings. The van der Waals surface area contributed by atoms with E-state index < -0.39 is 20.0 Å². The van der Waals surface area contributed by atoms with Crippen LogP contribution >= 0.6 is 0 Å². The first-order chi connectivity index (χ1) is 16.5. The van der Waals surface area contributed by atoms with E-state index in [2.05, 4.69) is 54.3 Å². The van der Waals surface area contributed by atoms with Gasteiger partial charge in [0.15, 0.2) is 20.0 Å². The topological polar surface area (TPSA) is 84.0 Å². The Morgan fingerprint density at radius 3 is 2.57 bits per heavy atom. The lowest BCUT2D eigenvalue weighted by Gasteiger charge is -2.37. The van der Waals surface area contributed by atoms with Gasteiger partial charge < -0.3 is 9.33 Å². The van der Waals surface area contributed by atoms with Gasteiger partial charge in [-0.05, 0) is 48.0 Å². The number of carbonyl (C=O) groups is 1. The van der Waals surface area contributed by atoms with Gasteiger partial charge >= 0.3 is 0 Å². The van der Waals surface area contributed by atoms with Crippen molar-refractivity contribution in [3.8, 4) is 11.3 Å². The highest BCUT2D eigenvalue weighted by atomic mass is 28.4. The second kappa shape index (κ2) is 9.58. The number of aromatic nitrogens is 4. The number of amides is 1. The zero-order chi connectivity index (χ0) is 25.4. The highest BCUT2D eigenvalue weighted by molar-refractivity contribution is 6.74. The van der Waals surface area contributed by atoms with Crippen LogP contribution in [0.2, 0.25) is 18.1 Å². The zero-order valence-corrected chi connectivity index (χ0v) is 21.7. The van der Waals surface area contributed by atoms with Gasteiger partial charge in [0.1, 0.15) is 5.69 Å². The first-order valence-electron chi connectivity index (χ1n) is 11.7. The van der Waals surface area contributed by atoms with E-state index in [1.165, 1.54) is 6.07 Å². The van der Waals surface area contributed by atoms with Gasteiger partial charge in [-0.15, -0.1) is 0 Å². The fraction of sp³-hybridized carbons (Fsp3) is 0.440. The molecule has 0 bridgehead atoms. The predicted octanol–water partition coefficient (Wildman–Crippen LogP) is 5.02. The van der Waals surface area contributed by atoms with Gasteiger partial charge in [0.25, 0.3) is 5.91 Å². The Balaban J connectivity index is 1.56. The van der Waals surface area contributed by atoms with E-state index in [9.17, 15) is 13.6 Å². The minimum atomic E-state index is -2.03. The van der Waals surface area contributed by atoms with Crippen LogP contribution in [-0.2, 0) is 4.43 Å². The maximum atomic E-state index is 14.1. The van der Waals surface area contributed by atoms with Gasteiger partial charge in [-0.25, -0.2) is 8.78 Å². The van der Waals surface area contributed by atoms with Crippen molar-refractivity contribution in [2.24, 2.45) is 5.92 Å². The lowest BCUT2D eigenvalue weighted by atomic mass is 9.89. The van der Waals surface area contributed by atoms with Crippen LogP contribution in [0.1, 0.15) is 42.7 Å². The van der Waals surface area contributed by atoms with Crippen LogP contribution in [0.5, 0.6) is 0 Å². The van der Waals surface area contributed by atoms with E-state index in [0.717, 1.165) is 11.6 Å². The summed E-state index contributed by atoms with van der Waals surface area (Å²) in [6.07, 6.45) is 3.14. The third kappa shape index (κ3) is 5.33. The van der Waals surface area contributed by atoms with Crippen molar-refractivity contribution in [3.63, 3.8) is 0 Å². The Hall–Kier alpha value is -2.98. The van der Waals surface area contributed by atoms with Crippen LogP contribution in [-0.4, -0.2) is 59.2 Å². The summed E-state index contributed by atoms with van der Waals surface area (Å²) < 4.78 is 34.2. The molecule has 1 aromatic carbocycles. The molecule has 0 unspecified atom stereocenters. The van der Waals surface area contributed by atoms with E-state index in [4.69, 9.17) is 4.43 Å². The molecule has 0 spiro atoms. The molecule has 3 heterocycles. The SMILES string of the molecule is CC(C)(C)[Si](C)(C)OC[C@H]1CN(C(=O)c2cc(-c3ccnnc3)n[nH]2)C[C@@H]1c1ccc(F)c(F)c1. The van der Waals surface area contributed by atoms with E-state index in [-0.39, 0.29) is 22.8 Å². The van der Waals surface area contributed by atoms with Crippen molar-refractivity contribution in [2.75, 3.05) is 19.7 Å². The van der Waals surface area contributed by atoms with Crippen molar-refractivity contribution in [1.82, 2.24) is 25.3 Å². The number of nitrogens with one attached hydrogen (secondary N) is 1. The van der Waals surface area contributed by atoms with Gasteiger partial charge in [-0.1, -0.05) is 26.8 Å². The second-order valence-corrected chi connectivity index (χ2v) is 15.4. The first kappa shape index (κ1) is 25.1. The molecule has 0 aliphatic carbocycles. The van der Waals surface area contributed by atoms with Crippen molar-refractivity contribution in [1.29, 1.82) is 0 Å². The van der Waals surface area contributed by atoms with Crippen LogP contribution in [0.15, 0.2) is 42.7 Å². The molecule has 1 fully saturated rings. The molecule has 2 aromatic heterocycles. The standard InChI is InChI=1S/C25H31F2N5O2Si/c1-25(2,3)35(4,5)34-15-18-13-32(14-19(18)16-6-7-20(26)21(27)10-16)24(33)23-11-22(30-31-23)17-8-9-28-29-12-17/h6-12,18-19H,13-15H2,1-5H3,(H,30,31)/t18-,19-/m1/s1. The van der Waals surface area contributed by atoms with Crippen molar-refractivity contribution in [3.05, 3.63) is 65.6 Å². The molecule has 7 nitrogen and oxygen atoms in total. The number of likely N-dealkylation sites (tertiary alicyclic amines) is 1. The highest BCUT2D eigenvalue weighted by Crippen LogP contribution is 2.39. The summed E-state index contributed by atoms with van der Waals surface area (Å²) >= 11 is 0. The summed E-state index contributed by atoms with van der Waals surface area (Å²) in [5, 5.41) is 14.7. The maximum absolute atomic E-state index is 14.1. The Bertz CT molecular complexity index is 1200. The van der Waals surface area contributed by atoms with Crippen LogP contribution in [0.3, 0.4) is 0 Å².